The molecule has 0 radical (unpaired) electrons. The smallest absolute Gasteiger partial charge is 0.262 e. The molecule has 0 aliphatic heterocycles. The third-order valence-corrected chi connectivity index (χ3v) is 5.23. The van der Waals surface area contributed by atoms with E-state index in [0.29, 0.717) is 39.8 Å². The molecule has 0 amide bonds. The summed E-state index contributed by atoms with van der Waals surface area (Å²) in [5.74, 6) is 1.31. The molecule has 0 saturated heterocycles. The molecule has 0 aliphatic carbocycles. The predicted molar refractivity (Wildman–Crippen MR) is 105 cm³/mol. The van der Waals surface area contributed by atoms with Gasteiger partial charge in [-0.2, -0.15) is 0 Å². The quantitative estimate of drug-likeness (QED) is 0.492. The van der Waals surface area contributed by atoms with Crippen LogP contribution in [0.2, 0.25) is 5.02 Å². The molecular weight excluding hydrogens is 372 g/mol. The van der Waals surface area contributed by atoms with Gasteiger partial charge in [0.25, 0.3) is 5.56 Å². The minimum absolute atomic E-state index is 0.0193. The van der Waals surface area contributed by atoms with Gasteiger partial charge in [-0.25, -0.2) is 4.98 Å². The van der Waals surface area contributed by atoms with Gasteiger partial charge in [0.15, 0.2) is 5.16 Å². The average Bonchev–Trinajstić information content (AvgIpc) is 2.66. The standard InChI is InChI=1S/C19H19ClN2O3S/c1-25-17-8-7-14(20)11-13(17)12-26-19-21-16-6-3-2-5-15(16)18(24)22(19)9-4-10-23/h2-3,5-8,11,23H,4,9-10,12H2,1H3. The number of benzene rings is 2. The summed E-state index contributed by atoms with van der Waals surface area (Å²) >= 11 is 7.54. The van der Waals surface area contributed by atoms with Crippen LogP contribution >= 0.6 is 23.4 Å². The molecule has 3 rings (SSSR count). The summed E-state index contributed by atoms with van der Waals surface area (Å²) < 4.78 is 7.01. The van der Waals surface area contributed by atoms with Gasteiger partial charge in [-0.3, -0.25) is 9.36 Å². The fourth-order valence-electron chi connectivity index (χ4n) is 2.69. The molecule has 0 spiro atoms. The van der Waals surface area contributed by atoms with E-state index in [2.05, 4.69) is 4.98 Å². The monoisotopic (exact) mass is 390 g/mol. The van der Waals surface area contributed by atoms with Crippen molar-refractivity contribution in [3.63, 3.8) is 0 Å². The van der Waals surface area contributed by atoms with Crippen LogP contribution in [0.3, 0.4) is 0 Å². The van der Waals surface area contributed by atoms with Crippen molar-refractivity contribution in [2.75, 3.05) is 13.7 Å². The maximum absolute atomic E-state index is 12.8. The van der Waals surface area contributed by atoms with Crippen molar-refractivity contribution >= 4 is 34.3 Å². The van der Waals surface area contributed by atoms with Crippen LogP contribution in [0.5, 0.6) is 5.75 Å². The zero-order valence-corrected chi connectivity index (χ0v) is 15.9. The zero-order chi connectivity index (χ0) is 18.5. The molecule has 0 saturated carbocycles. The number of ether oxygens (including phenoxy) is 1. The van der Waals surface area contributed by atoms with Crippen molar-refractivity contribution in [3.8, 4) is 5.75 Å². The van der Waals surface area contributed by atoms with Crippen LogP contribution in [0.1, 0.15) is 12.0 Å². The Labute approximate surface area is 160 Å². The van der Waals surface area contributed by atoms with E-state index in [0.717, 1.165) is 11.3 Å². The highest BCUT2D eigenvalue weighted by Crippen LogP contribution is 2.29. The lowest BCUT2D eigenvalue weighted by atomic mass is 10.2. The number of fused-ring (bicyclic) bond motifs is 1. The van der Waals surface area contributed by atoms with Gasteiger partial charge in [-0.15, -0.1) is 0 Å². The first-order valence-electron chi connectivity index (χ1n) is 8.19. The molecule has 136 valence electrons. The Morgan fingerprint density at radius 3 is 2.85 bits per heavy atom. The number of methoxy groups -OCH3 is 1. The van der Waals surface area contributed by atoms with Crippen LogP contribution in [-0.4, -0.2) is 28.4 Å². The number of hydrogen-bond acceptors (Lipinski definition) is 5. The molecule has 0 aliphatic rings. The van der Waals surface area contributed by atoms with Gasteiger partial charge < -0.3 is 9.84 Å². The number of halogens is 1. The van der Waals surface area contributed by atoms with E-state index in [-0.39, 0.29) is 12.2 Å². The molecule has 1 heterocycles. The summed E-state index contributed by atoms with van der Waals surface area (Å²) in [5.41, 5.74) is 1.50. The SMILES string of the molecule is COc1ccc(Cl)cc1CSc1nc2ccccc2c(=O)n1CCCO. The van der Waals surface area contributed by atoms with E-state index < -0.39 is 0 Å². The van der Waals surface area contributed by atoms with Gasteiger partial charge >= 0.3 is 0 Å². The highest BCUT2D eigenvalue weighted by atomic mass is 35.5. The van der Waals surface area contributed by atoms with E-state index in [9.17, 15) is 4.79 Å². The largest absolute Gasteiger partial charge is 0.496 e. The van der Waals surface area contributed by atoms with Crippen molar-refractivity contribution in [2.45, 2.75) is 23.9 Å². The third-order valence-electron chi connectivity index (χ3n) is 3.97. The van der Waals surface area contributed by atoms with Gasteiger partial charge in [-0.1, -0.05) is 35.5 Å². The molecule has 0 fully saturated rings. The topological polar surface area (TPSA) is 64.3 Å². The second kappa shape index (κ2) is 8.58. The Kier molecular flexibility index (Phi) is 6.19. The van der Waals surface area contributed by atoms with Crippen LogP contribution in [0, 0.1) is 0 Å². The lowest BCUT2D eigenvalue weighted by Crippen LogP contribution is -2.24. The fraction of sp³-hybridized carbons (Fsp3) is 0.263. The van der Waals surface area contributed by atoms with Crippen LogP contribution in [0.15, 0.2) is 52.4 Å². The number of aromatic nitrogens is 2. The van der Waals surface area contributed by atoms with Crippen LogP contribution in [-0.2, 0) is 12.3 Å². The van der Waals surface area contributed by atoms with Crippen LogP contribution in [0.4, 0.5) is 0 Å². The van der Waals surface area contributed by atoms with Crippen molar-refractivity contribution in [3.05, 3.63) is 63.4 Å². The molecule has 1 N–H and O–H groups in total. The first-order chi connectivity index (χ1) is 12.6. The number of aliphatic hydroxyl groups is 1. The predicted octanol–water partition coefficient (Wildman–Crippen LogP) is 3.73. The summed E-state index contributed by atoms with van der Waals surface area (Å²) in [6.45, 7) is 0.438. The molecule has 5 nitrogen and oxygen atoms in total. The van der Waals surface area contributed by atoms with Crippen molar-refractivity contribution < 1.29 is 9.84 Å². The molecule has 1 aromatic heterocycles. The van der Waals surface area contributed by atoms with E-state index in [1.807, 2.05) is 30.3 Å². The summed E-state index contributed by atoms with van der Waals surface area (Å²) in [6.07, 6.45) is 0.494. The number of para-hydroxylation sites is 1. The molecule has 0 bridgehead atoms. The number of hydrogen-bond donors (Lipinski definition) is 1. The maximum Gasteiger partial charge on any atom is 0.262 e. The van der Waals surface area contributed by atoms with Gasteiger partial charge in [0.05, 0.1) is 18.0 Å². The molecule has 26 heavy (non-hydrogen) atoms. The number of thioether (sulfide) groups is 1. The average molecular weight is 391 g/mol. The van der Waals surface area contributed by atoms with Crippen molar-refractivity contribution in [2.24, 2.45) is 0 Å². The lowest BCUT2D eigenvalue weighted by molar-refractivity contribution is 0.276. The Morgan fingerprint density at radius 2 is 2.08 bits per heavy atom. The number of aliphatic hydroxyl groups excluding tert-OH is 1. The zero-order valence-electron chi connectivity index (χ0n) is 14.3. The van der Waals surface area contributed by atoms with E-state index >= 15 is 0 Å². The van der Waals surface area contributed by atoms with E-state index in [1.54, 1.807) is 23.8 Å². The highest BCUT2D eigenvalue weighted by Gasteiger charge is 2.13. The molecule has 0 atom stereocenters. The van der Waals surface area contributed by atoms with Gasteiger partial charge in [0, 0.05) is 29.5 Å². The van der Waals surface area contributed by atoms with Crippen molar-refractivity contribution in [1.82, 2.24) is 9.55 Å². The molecule has 2 aromatic carbocycles. The minimum atomic E-state index is -0.0930. The van der Waals surface area contributed by atoms with E-state index in [1.165, 1.54) is 11.8 Å². The maximum atomic E-state index is 12.8. The normalized spacial score (nSPS) is 11.0. The Balaban J connectivity index is 1.98. The Hall–Kier alpha value is -2.02. The summed E-state index contributed by atoms with van der Waals surface area (Å²) in [4.78, 5) is 17.5. The highest BCUT2D eigenvalue weighted by molar-refractivity contribution is 7.98. The third kappa shape index (κ3) is 4.03. The number of rotatable bonds is 7. The Bertz CT molecular complexity index is 975. The fourth-order valence-corrected chi connectivity index (χ4v) is 3.88. The van der Waals surface area contributed by atoms with Crippen LogP contribution < -0.4 is 10.3 Å². The van der Waals surface area contributed by atoms with E-state index in [4.69, 9.17) is 21.4 Å². The molecule has 3 aromatic rings. The summed E-state index contributed by atoms with van der Waals surface area (Å²) in [5, 5.41) is 11.0. The first kappa shape index (κ1) is 18.8. The van der Waals surface area contributed by atoms with Gasteiger partial charge in [0.2, 0.25) is 0 Å². The lowest BCUT2D eigenvalue weighted by Gasteiger charge is -2.13. The number of nitrogens with zero attached hydrogens (tertiary/aromatic N) is 2. The molecular formula is C19H19ClN2O3S. The summed E-state index contributed by atoms with van der Waals surface area (Å²) in [7, 11) is 1.61. The first-order valence-corrected chi connectivity index (χ1v) is 9.56. The van der Waals surface area contributed by atoms with Gasteiger partial charge in [-0.05, 0) is 36.8 Å². The molecule has 7 heteroatoms. The second-order valence-corrected chi connectivity index (χ2v) is 7.07. The Morgan fingerprint density at radius 1 is 1.27 bits per heavy atom. The molecule has 0 unspecified atom stereocenters. The summed E-state index contributed by atoms with van der Waals surface area (Å²) in [6, 6.07) is 12.7. The van der Waals surface area contributed by atoms with Crippen LogP contribution in [0.25, 0.3) is 10.9 Å². The van der Waals surface area contributed by atoms with Gasteiger partial charge in [0.1, 0.15) is 5.75 Å². The second-order valence-electron chi connectivity index (χ2n) is 5.69. The van der Waals surface area contributed by atoms with Crippen molar-refractivity contribution in [1.29, 1.82) is 0 Å². The minimum Gasteiger partial charge on any atom is -0.496 e.